The van der Waals surface area contributed by atoms with E-state index in [0.29, 0.717) is 11.8 Å². The summed E-state index contributed by atoms with van der Waals surface area (Å²) < 4.78 is 9.27. The number of nitrogens with zero attached hydrogens (tertiary/aromatic N) is 2. The second-order valence-electron chi connectivity index (χ2n) is 18.3. The van der Waals surface area contributed by atoms with E-state index in [1.54, 1.807) is 22.5 Å². The summed E-state index contributed by atoms with van der Waals surface area (Å²) in [6, 6.07) is 42.5. The van der Waals surface area contributed by atoms with Gasteiger partial charge < -0.3 is 4.74 Å². The molecular formula is C55H44N2OS. The van der Waals surface area contributed by atoms with Gasteiger partial charge in [0.05, 0.1) is 15.9 Å². The minimum Gasteiger partial charge on any atom is -0.484 e. The van der Waals surface area contributed by atoms with Crippen LogP contribution in [0.5, 0.6) is 5.75 Å². The summed E-state index contributed by atoms with van der Waals surface area (Å²) in [5.41, 5.74) is 17.1. The Morgan fingerprint density at radius 1 is 0.695 bits per heavy atom. The molecule has 5 aromatic carbocycles. The number of allylic oxidation sites excluding steroid dienone is 6. The summed E-state index contributed by atoms with van der Waals surface area (Å²) in [5.74, 6) is 2.77. The average molecular weight is 781 g/mol. The van der Waals surface area contributed by atoms with Crippen molar-refractivity contribution < 1.29 is 4.74 Å². The summed E-state index contributed by atoms with van der Waals surface area (Å²) in [5, 5.41) is 1.17. The molecule has 1 spiro atoms. The van der Waals surface area contributed by atoms with Crippen molar-refractivity contribution in [3.05, 3.63) is 185 Å². The molecule has 1 aliphatic heterocycles. The highest BCUT2D eigenvalue weighted by atomic mass is 32.1. The molecule has 1 fully saturated rings. The van der Waals surface area contributed by atoms with E-state index in [1.165, 1.54) is 81.2 Å². The second-order valence-corrected chi connectivity index (χ2v) is 19.3. The lowest BCUT2D eigenvalue weighted by Gasteiger charge is -2.41. The number of ether oxygens (including phenoxy) is 1. The Hall–Kier alpha value is -5.84. The van der Waals surface area contributed by atoms with Gasteiger partial charge >= 0.3 is 0 Å². The first-order valence-corrected chi connectivity index (χ1v) is 22.4. The molecule has 2 aromatic heterocycles. The van der Waals surface area contributed by atoms with Crippen LogP contribution in [0.1, 0.15) is 91.3 Å². The molecular weight excluding hydrogens is 737 g/mol. The number of fused-ring (bicyclic) bond motifs is 14. The topological polar surface area (TPSA) is 35.0 Å². The van der Waals surface area contributed by atoms with E-state index >= 15 is 0 Å². The molecule has 13 rings (SSSR count). The van der Waals surface area contributed by atoms with Crippen LogP contribution in [0.2, 0.25) is 0 Å². The Labute approximate surface area is 349 Å². The van der Waals surface area contributed by atoms with Gasteiger partial charge in [-0.1, -0.05) is 154 Å². The van der Waals surface area contributed by atoms with Crippen molar-refractivity contribution in [2.45, 2.75) is 74.7 Å². The molecule has 3 heterocycles. The maximum absolute atomic E-state index is 6.94. The van der Waals surface area contributed by atoms with Crippen LogP contribution < -0.4 is 4.74 Å². The van der Waals surface area contributed by atoms with Crippen molar-refractivity contribution in [1.82, 2.24) is 9.97 Å². The van der Waals surface area contributed by atoms with Crippen LogP contribution in [0.3, 0.4) is 0 Å². The van der Waals surface area contributed by atoms with Crippen LogP contribution in [0.15, 0.2) is 151 Å². The number of aromatic nitrogens is 2. The lowest BCUT2D eigenvalue weighted by Crippen LogP contribution is -2.35. The molecule has 6 aliphatic rings. The van der Waals surface area contributed by atoms with E-state index in [4.69, 9.17) is 14.7 Å². The summed E-state index contributed by atoms with van der Waals surface area (Å²) in [4.78, 5) is 10.5. The fourth-order valence-corrected chi connectivity index (χ4v) is 13.3. The molecule has 0 N–H and O–H groups in total. The van der Waals surface area contributed by atoms with Crippen LogP contribution in [-0.4, -0.2) is 16.1 Å². The average Bonchev–Trinajstić information content (AvgIpc) is 3.99. The minimum absolute atomic E-state index is 0.0439. The molecule has 7 aromatic rings. The first kappa shape index (κ1) is 34.1. The monoisotopic (exact) mass is 780 g/mol. The third kappa shape index (κ3) is 4.75. The zero-order valence-electron chi connectivity index (χ0n) is 33.4. The van der Waals surface area contributed by atoms with Gasteiger partial charge in [-0.3, -0.25) is 0 Å². The summed E-state index contributed by atoms with van der Waals surface area (Å²) >= 11 is 1.78. The van der Waals surface area contributed by atoms with Gasteiger partial charge in [0.2, 0.25) is 0 Å². The zero-order valence-corrected chi connectivity index (χ0v) is 34.2. The standard InChI is InChI=1S/C55H44N2OS/c1-54(2)43-24-22-33(28-39(43)41-31-46-40(30-45(41)54)35-16-7-9-20-44(35)55(46)26-11-4-12-27-55)34-23-25-47-42(29-34)36-18-13-19-38(51(36)58-47)50-52-49(37-17-8-10-21-48(37)59-52)56-53(57-50)32-14-5-3-6-15-32/h3,5-10,13-25,28-31,36,40,46,51H,4,11-12,26-27H2,1-2H3. The summed E-state index contributed by atoms with van der Waals surface area (Å²) in [6.07, 6.45) is 18.7. The normalized spacial score (nSPS) is 23.7. The largest absolute Gasteiger partial charge is 0.484 e. The Bertz CT molecular complexity index is 3060. The number of benzene rings is 5. The molecule has 0 bridgehead atoms. The molecule has 5 aliphatic carbocycles. The van der Waals surface area contributed by atoms with E-state index in [2.05, 4.69) is 153 Å². The third-order valence-corrected chi connectivity index (χ3v) is 16.1. The van der Waals surface area contributed by atoms with Crippen molar-refractivity contribution in [3.63, 3.8) is 0 Å². The number of hydrogen-bond donors (Lipinski definition) is 0. The molecule has 0 amide bonds. The quantitative estimate of drug-likeness (QED) is 0.179. The summed E-state index contributed by atoms with van der Waals surface area (Å²) in [6.45, 7) is 4.88. The van der Waals surface area contributed by atoms with Gasteiger partial charge in [0.15, 0.2) is 5.82 Å². The molecule has 0 saturated heterocycles. The highest BCUT2D eigenvalue weighted by Crippen LogP contribution is 2.64. The Morgan fingerprint density at radius 2 is 1.49 bits per heavy atom. The van der Waals surface area contributed by atoms with Gasteiger partial charge in [-0.15, -0.1) is 11.3 Å². The highest BCUT2D eigenvalue weighted by molar-refractivity contribution is 7.26. The fourth-order valence-electron chi connectivity index (χ4n) is 12.2. The van der Waals surface area contributed by atoms with E-state index in [0.717, 1.165) is 38.6 Å². The fraction of sp³-hybridized carbons (Fsp3) is 0.236. The lowest BCUT2D eigenvalue weighted by atomic mass is 9.62. The van der Waals surface area contributed by atoms with Gasteiger partial charge in [0.1, 0.15) is 11.9 Å². The SMILES string of the molecule is CC1(C)C2=CC3c4ccccc4C4(CCCCC4)C3C=C2c2cc(-c3ccc4c(c3)C3C=CC=C(c5nc(-c6ccccc6)nc6c5sc5ccccc56)C3O4)ccc21. The van der Waals surface area contributed by atoms with Crippen molar-refractivity contribution in [2.24, 2.45) is 5.92 Å². The molecule has 286 valence electrons. The zero-order chi connectivity index (χ0) is 39.0. The maximum atomic E-state index is 6.94. The Kier molecular flexibility index (Phi) is 7.13. The molecule has 4 heteroatoms. The van der Waals surface area contributed by atoms with Crippen LogP contribution >= 0.6 is 11.3 Å². The van der Waals surface area contributed by atoms with E-state index in [-0.39, 0.29) is 22.9 Å². The Balaban J connectivity index is 0.879. The first-order chi connectivity index (χ1) is 29.0. The number of thiophene rings is 1. The van der Waals surface area contributed by atoms with Gasteiger partial charge in [0.25, 0.3) is 0 Å². The lowest BCUT2D eigenvalue weighted by molar-refractivity contribution is 0.233. The maximum Gasteiger partial charge on any atom is 0.160 e. The molecule has 1 saturated carbocycles. The van der Waals surface area contributed by atoms with Crippen LogP contribution in [0.25, 0.3) is 54.0 Å². The van der Waals surface area contributed by atoms with Gasteiger partial charge in [-0.2, -0.15) is 0 Å². The molecule has 3 nitrogen and oxygen atoms in total. The molecule has 59 heavy (non-hydrogen) atoms. The Morgan fingerprint density at radius 3 is 2.39 bits per heavy atom. The summed E-state index contributed by atoms with van der Waals surface area (Å²) in [7, 11) is 0. The first-order valence-electron chi connectivity index (χ1n) is 21.6. The van der Waals surface area contributed by atoms with Crippen molar-refractivity contribution >= 4 is 42.8 Å². The van der Waals surface area contributed by atoms with Gasteiger partial charge in [0, 0.05) is 49.5 Å². The van der Waals surface area contributed by atoms with Crippen molar-refractivity contribution in [1.29, 1.82) is 0 Å². The number of rotatable bonds is 3. The van der Waals surface area contributed by atoms with E-state index in [9.17, 15) is 0 Å². The van der Waals surface area contributed by atoms with Crippen LogP contribution in [-0.2, 0) is 10.8 Å². The number of hydrogen-bond acceptors (Lipinski definition) is 4. The van der Waals surface area contributed by atoms with Gasteiger partial charge in [-0.25, -0.2) is 9.97 Å². The second kappa shape index (κ2) is 12.3. The molecule has 4 atom stereocenters. The molecule has 0 radical (unpaired) electrons. The van der Waals surface area contributed by atoms with Crippen LogP contribution in [0.4, 0.5) is 0 Å². The van der Waals surface area contributed by atoms with Crippen LogP contribution in [0, 0.1) is 5.92 Å². The smallest absolute Gasteiger partial charge is 0.160 e. The third-order valence-electron chi connectivity index (χ3n) is 15.0. The van der Waals surface area contributed by atoms with E-state index in [1.807, 2.05) is 6.07 Å². The minimum atomic E-state index is -0.173. The highest BCUT2D eigenvalue weighted by Gasteiger charge is 2.54. The van der Waals surface area contributed by atoms with Crippen molar-refractivity contribution in [2.75, 3.05) is 0 Å². The predicted octanol–water partition coefficient (Wildman–Crippen LogP) is 13.9. The molecule has 4 unspecified atom stereocenters. The van der Waals surface area contributed by atoms with E-state index < -0.39 is 0 Å². The predicted molar refractivity (Wildman–Crippen MR) is 243 cm³/mol. The van der Waals surface area contributed by atoms with Crippen molar-refractivity contribution in [3.8, 4) is 28.3 Å². The van der Waals surface area contributed by atoms with Gasteiger partial charge in [-0.05, 0) is 87.6 Å².